The molecule has 0 aliphatic rings. The number of hydrogen-bond acceptors (Lipinski definition) is 2. The van der Waals surface area contributed by atoms with E-state index in [9.17, 15) is 0 Å². The van der Waals surface area contributed by atoms with Gasteiger partial charge in [-0.25, -0.2) is 0 Å². The highest BCUT2D eigenvalue weighted by molar-refractivity contribution is 5.05. The summed E-state index contributed by atoms with van der Waals surface area (Å²) in [4.78, 5) is 4.44. The molecule has 0 aliphatic heterocycles. The molecule has 1 aromatic rings. The van der Waals surface area contributed by atoms with Gasteiger partial charge < -0.3 is 5.32 Å². The van der Waals surface area contributed by atoms with Crippen molar-refractivity contribution in [3.05, 3.63) is 30.1 Å². The van der Waals surface area contributed by atoms with Gasteiger partial charge in [0.15, 0.2) is 0 Å². The van der Waals surface area contributed by atoms with Gasteiger partial charge in [0.25, 0.3) is 0 Å². The minimum Gasteiger partial charge on any atom is -0.314 e. The first kappa shape index (κ1) is 15.2. The molecule has 2 nitrogen and oxygen atoms in total. The predicted molar refractivity (Wildman–Crippen MR) is 78.7 cm³/mol. The maximum atomic E-state index is 4.44. The van der Waals surface area contributed by atoms with Crippen LogP contribution >= 0.6 is 0 Å². The van der Waals surface area contributed by atoms with Crippen LogP contribution in [-0.2, 0) is 6.42 Å². The number of hydrogen-bond donors (Lipinski definition) is 1. The molecule has 102 valence electrons. The fourth-order valence-corrected chi connectivity index (χ4v) is 2.45. The fourth-order valence-electron chi connectivity index (χ4n) is 2.45. The summed E-state index contributed by atoms with van der Waals surface area (Å²) in [6, 6.07) is 6.76. The van der Waals surface area contributed by atoms with Gasteiger partial charge >= 0.3 is 0 Å². The third-order valence-electron chi connectivity index (χ3n) is 3.33. The number of rotatable bonds is 9. The average molecular weight is 248 g/mol. The largest absolute Gasteiger partial charge is 0.314 e. The van der Waals surface area contributed by atoms with Gasteiger partial charge in [0.05, 0.1) is 0 Å². The van der Waals surface area contributed by atoms with E-state index in [1.807, 2.05) is 12.3 Å². The zero-order valence-corrected chi connectivity index (χ0v) is 12.2. The topological polar surface area (TPSA) is 24.9 Å². The van der Waals surface area contributed by atoms with Crippen LogP contribution in [-0.4, -0.2) is 17.6 Å². The second-order valence-electron chi connectivity index (χ2n) is 5.31. The van der Waals surface area contributed by atoms with E-state index < -0.39 is 0 Å². The zero-order valence-electron chi connectivity index (χ0n) is 12.2. The van der Waals surface area contributed by atoms with E-state index in [2.05, 4.69) is 43.2 Å². The molecule has 1 rings (SSSR count). The molecule has 1 aromatic heterocycles. The lowest BCUT2D eigenvalue weighted by Crippen LogP contribution is -2.33. The minimum absolute atomic E-state index is 0.571. The Labute approximate surface area is 112 Å². The summed E-state index contributed by atoms with van der Waals surface area (Å²) in [5, 5.41) is 3.67. The standard InChI is InChI=1S/C16H28N2/c1-4-8-14(3)12-16(17-10-5-2)13-15-9-6-7-11-18-15/h6-7,9,11,14,16-17H,4-5,8,10,12-13H2,1-3H3. The maximum Gasteiger partial charge on any atom is 0.0419 e. The number of nitrogens with one attached hydrogen (secondary N) is 1. The van der Waals surface area contributed by atoms with Gasteiger partial charge in [0.2, 0.25) is 0 Å². The van der Waals surface area contributed by atoms with Crippen LogP contribution in [0, 0.1) is 5.92 Å². The van der Waals surface area contributed by atoms with Crippen LogP contribution in [0.3, 0.4) is 0 Å². The summed E-state index contributed by atoms with van der Waals surface area (Å²) in [6.45, 7) is 7.96. The van der Waals surface area contributed by atoms with E-state index in [0.29, 0.717) is 6.04 Å². The molecule has 2 heteroatoms. The molecular weight excluding hydrogens is 220 g/mol. The van der Waals surface area contributed by atoms with E-state index >= 15 is 0 Å². The highest BCUT2D eigenvalue weighted by Gasteiger charge is 2.13. The zero-order chi connectivity index (χ0) is 13.2. The predicted octanol–water partition coefficient (Wildman–Crippen LogP) is 3.82. The number of aromatic nitrogens is 1. The van der Waals surface area contributed by atoms with Gasteiger partial charge in [-0.2, -0.15) is 0 Å². The molecular formula is C16H28N2. The summed E-state index contributed by atoms with van der Waals surface area (Å²) in [6.07, 6.45) is 8.00. The van der Waals surface area contributed by atoms with Crippen molar-refractivity contribution < 1.29 is 0 Å². The summed E-state index contributed by atoms with van der Waals surface area (Å²) < 4.78 is 0. The Balaban J connectivity index is 2.49. The highest BCUT2D eigenvalue weighted by atomic mass is 14.9. The van der Waals surface area contributed by atoms with E-state index in [1.54, 1.807) is 0 Å². The molecule has 0 aromatic carbocycles. The Kier molecular flexibility index (Phi) is 7.66. The normalized spacial score (nSPS) is 14.4. The molecule has 0 spiro atoms. The maximum absolute atomic E-state index is 4.44. The van der Waals surface area contributed by atoms with Crippen molar-refractivity contribution in [1.82, 2.24) is 10.3 Å². The molecule has 0 bridgehead atoms. The molecule has 0 fully saturated rings. The van der Waals surface area contributed by atoms with Crippen LogP contribution in [0.1, 0.15) is 52.1 Å². The van der Waals surface area contributed by atoms with E-state index in [-0.39, 0.29) is 0 Å². The first-order chi connectivity index (χ1) is 8.76. The summed E-state index contributed by atoms with van der Waals surface area (Å²) >= 11 is 0. The van der Waals surface area contributed by atoms with Crippen LogP contribution < -0.4 is 5.32 Å². The van der Waals surface area contributed by atoms with Crippen LogP contribution in [0.4, 0.5) is 0 Å². The Morgan fingerprint density at radius 1 is 1.22 bits per heavy atom. The van der Waals surface area contributed by atoms with E-state index in [4.69, 9.17) is 0 Å². The van der Waals surface area contributed by atoms with Crippen molar-refractivity contribution in [2.24, 2.45) is 5.92 Å². The van der Waals surface area contributed by atoms with Crippen LogP contribution in [0.25, 0.3) is 0 Å². The SMILES string of the molecule is CCCNC(Cc1ccccn1)CC(C)CCC. The van der Waals surface area contributed by atoms with Crippen LogP contribution in [0.2, 0.25) is 0 Å². The second kappa shape index (κ2) is 9.09. The highest BCUT2D eigenvalue weighted by Crippen LogP contribution is 2.15. The van der Waals surface area contributed by atoms with Crippen molar-refractivity contribution in [2.75, 3.05) is 6.54 Å². The van der Waals surface area contributed by atoms with Crippen molar-refractivity contribution in [2.45, 2.75) is 58.9 Å². The lowest BCUT2D eigenvalue weighted by Gasteiger charge is -2.22. The van der Waals surface area contributed by atoms with Crippen LogP contribution in [0.15, 0.2) is 24.4 Å². The molecule has 2 unspecified atom stereocenters. The molecule has 2 atom stereocenters. The second-order valence-corrected chi connectivity index (χ2v) is 5.31. The van der Waals surface area contributed by atoms with Crippen LogP contribution in [0.5, 0.6) is 0 Å². The first-order valence-corrected chi connectivity index (χ1v) is 7.39. The van der Waals surface area contributed by atoms with Crippen molar-refractivity contribution >= 4 is 0 Å². The van der Waals surface area contributed by atoms with Gasteiger partial charge in [-0.05, 0) is 37.4 Å². The number of pyridine rings is 1. The van der Waals surface area contributed by atoms with Gasteiger partial charge in [-0.3, -0.25) is 4.98 Å². The van der Waals surface area contributed by atoms with Gasteiger partial charge in [-0.1, -0.05) is 39.7 Å². The van der Waals surface area contributed by atoms with Crippen molar-refractivity contribution in [3.63, 3.8) is 0 Å². The third kappa shape index (κ3) is 6.15. The smallest absolute Gasteiger partial charge is 0.0419 e. The molecule has 1 N–H and O–H groups in total. The Morgan fingerprint density at radius 2 is 2.06 bits per heavy atom. The lowest BCUT2D eigenvalue weighted by atomic mass is 9.94. The molecule has 0 saturated carbocycles. The fraction of sp³-hybridized carbons (Fsp3) is 0.688. The molecule has 0 amide bonds. The third-order valence-corrected chi connectivity index (χ3v) is 3.33. The molecule has 0 radical (unpaired) electrons. The monoisotopic (exact) mass is 248 g/mol. The minimum atomic E-state index is 0.571. The molecule has 0 saturated heterocycles. The molecule has 18 heavy (non-hydrogen) atoms. The summed E-state index contributed by atoms with van der Waals surface area (Å²) in [7, 11) is 0. The van der Waals surface area contributed by atoms with E-state index in [0.717, 1.165) is 18.9 Å². The average Bonchev–Trinajstić information content (AvgIpc) is 2.37. The quantitative estimate of drug-likeness (QED) is 0.718. The Morgan fingerprint density at radius 3 is 2.67 bits per heavy atom. The molecule has 0 aliphatic carbocycles. The first-order valence-electron chi connectivity index (χ1n) is 7.39. The van der Waals surface area contributed by atoms with Gasteiger partial charge in [0, 0.05) is 24.4 Å². The lowest BCUT2D eigenvalue weighted by molar-refractivity contribution is 0.379. The van der Waals surface area contributed by atoms with Crippen molar-refractivity contribution in [1.29, 1.82) is 0 Å². The number of nitrogens with zero attached hydrogens (tertiary/aromatic N) is 1. The van der Waals surface area contributed by atoms with Gasteiger partial charge in [0.1, 0.15) is 0 Å². The Hall–Kier alpha value is -0.890. The summed E-state index contributed by atoms with van der Waals surface area (Å²) in [5.41, 5.74) is 1.20. The van der Waals surface area contributed by atoms with Gasteiger partial charge in [-0.15, -0.1) is 0 Å². The van der Waals surface area contributed by atoms with E-state index in [1.165, 1.54) is 31.4 Å². The van der Waals surface area contributed by atoms with Crippen molar-refractivity contribution in [3.8, 4) is 0 Å². The molecule has 1 heterocycles. The summed E-state index contributed by atoms with van der Waals surface area (Å²) in [5.74, 6) is 0.799. The Bertz CT molecular complexity index is 297.